The summed E-state index contributed by atoms with van der Waals surface area (Å²) in [5.41, 5.74) is 0. The number of carbonyl (C=O) groups excluding carboxylic acids is 1. The van der Waals surface area contributed by atoms with Crippen molar-refractivity contribution >= 4 is 23.1 Å². The molecule has 2 heterocycles. The number of hydrogen-bond acceptors (Lipinski definition) is 3. The summed E-state index contributed by atoms with van der Waals surface area (Å²) in [7, 11) is 0. The lowest BCUT2D eigenvalue weighted by atomic mass is 10.4. The number of thiophene rings is 1. The van der Waals surface area contributed by atoms with Crippen LogP contribution in [0, 0.1) is 0 Å². The van der Waals surface area contributed by atoms with Gasteiger partial charge in [0.25, 0.3) is 0 Å². The monoisotopic (exact) mass is 221 g/mol. The fourth-order valence-electron chi connectivity index (χ4n) is 1.32. The van der Waals surface area contributed by atoms with Crippen molar-refractivity contribution < 1.29 is 4.79 Å². The maximum Gasteiger partial charge on any atom is 0.225 e. The Morgan fingerprint density at radius 2 is 2.47 bits per heavy atom. The molecule has 1 N–H and O–H groups in total. The molecule has 1 amide bonds. The van der Waals surface area contributed by atoms with E-state index in [4.69, 9.17) is 0 Å². The maximum atomic E-state index is 11.5. The molecule has 0 aliphatic rings. The van der Waals surface area contributed by atoms with Crippen LogP contribution in [0.4, 0.5) is 5.82 Å². The number of rotatable bonds is 3. The summed E-state index contributed by atoms with van der Waals surface area (Å²) in [6.45, 7) is 2.14. The predicted molar refractivity (Wildman–Crippen MR) is 59.8 cm³/mol. The van der Waals surface area contributed by atoms with Gasteiger partial charge in [-0.2, -0.15) is 5.10 Å². The van der Waals surface area contributed by atoms with Gasteiger partial charge in [0.05, 0.1) is 12.7 Å². The van der Waals surface area contributed by atoms with Gasteiger partial charge in [0.2, 0.25) is 5.91 Å². The van der Waals surface area contributed by atoms with E-state index in [0.29, 0.717) is 6.54 Å². The zero-order valence-corrected chi connectivity index (χ0v) is 9.12. The van der Waals surface area contributed by atoms with Crippen molar-refractivity contribution in [1.82, 2.24) is 10.2 Å². The highest BCUT2D eigenvalue weighted by Gasteiger charge is 2.13. The molecule has 0 aliphatic carbocycles. The molecule has 0 radical (unpaired) electrons. The fourth-order valence-corrected chi connectivity index (χ4v) is 2.02. The van der Waals surface area contributed by atoms with E-state index in [1.807, 2.05) is 17.5 Å². The van der Waals surface area contributed by atoms with E-state index in [2.05, 4.69) is 10.2 Å². The topological polar surface area (TPSA) is 49.0 Å². The molecule has 4 nitrogen and oxygen atoms in total. The first-order valence-electron chi connectivity index (χ1n) is 4.57. The summed E-state index contributed by atoms with van der Waals surface area (Å²) in [5.74, 6) is 0.739. The summed E-state index contributed by atoms with van der Waals surface area (Å²) < 4.78 is 0. The second kappa shape index (κ2) is 4.27. The molecule has 0 atom stereocenters. The number of H-pyrrole nitrogens is 1. The minimum Gasteiger partial charge on any atom is -0.292 e. The number of carbonyl (C=O) groups is 1. The number of nitrogens with zero attached hydrogens (tertiary/aromatic N) is 2. The first-order valence-corrected chi connectivity index (χ1v) is 5.45. The van der Waals surface area contributed by atoms with Crippen LogP contribution in [0.3, 0.4) is 0 Å². The van der Waals surface area contributed by atoms with Crippen LogP contribution in [0.1, 0.15) is 11.8 Å². The summed E-state index contributed by atoms with van der Waals surface area (Å²) >= 11 is 1.64. The van der Waals surface area contributed by atoms with Gasteiger partial charge in [-0.1, -0.05) is 6.07 Å². The van der Waals surface area contributed by atoms with Crippen LogP contribution in [0.25, 0.3) is 0 Å². The maximum absolute atomic E-state index is 11.5. The Kier molecular flexibility index (Phi) is 2.82. The molecular formula is C10H11N3OS. The first kappa shape index (κ1) is 9.92. The number of nitrogens with one attached hydrogen (secondary N) is 1. The molecule has 0 unspecified atom stereocenters. The lowest BCUT2D eigenvalue weighted by Gasteiger charge is -2.17. The molecule has 0 fully saturated rings. The van der Waals surface area contributed by atoms with Crippen molar-refractivity contribution in [2.24, 2.45) is 0 Å². The molecule has 2 aromatic rings. The quantitative estimate of drug-likeness (QED) is 0.862. The highest BCUT2D eigenvalue weighted by molar-refractivity contribution is 7.09. The minimum absolute atomic E-state index is 0.00708. The van der Waals surface area contributed by atoms with Crippen molar-refractivity contribution in [2.45, 2.75) is 13.5 Å². The lowest BCUT2D eigenvalue weighted by Crippen LogP contribution is -2.27. The van der Waals surface area contributed by atoms with Gasteiger partial charge in [-0.05, 0) is 11.4 Å². The first-order chi connectivity index (χ1) is 7.27. The molecule has 2 aromatic heterocycles. The smallest absolute Gasteiger partial charge is 0.225 e. The third-order valence-electron chi connectivity index (χ3n) is 2.05. The van der Waals surface area contributed by atoms with Crippen molar-refractivity contribution in [2.75, 3.05) is 4.90 Å². The zero-order chi connectivity index (χ0) is 10.7. The van der Waals surface area contributed by atoms with Crippen LogP contribution in [0.15, 0.2) is 29.8 Å². The molecule has 78 valence electrons. The van der Waals surface area contributed by atoms with E-state index < -0.39 is 0 Å². The number of amides is 1. The van der Waals surface area contributed by atoms with Gasteiger partial charge in [-0.3, -0.25) is 14.8 Å². The Morgan fingerprint density at radius 3 is 3.00 bits per heavy atom. The predicted octanol–water partition coefficient (Wildman–Crippen LogP) is 2.02. The Balaban J connectivity index is 2.18. The zero-order valence-electron chi connectivity index (χ0n) is 8.30. The summed E-state index contributed by atoms with van der Waals surface area (Å²) in [4.78, 5) is 14.3. The van der Waals surface area contributed by atoms with Crippen molar-refractivity contribution in [3.05, 3.63) is 34.7 Å². The Labute approximate surface area is 91.5 Å². The van der Waals surface area contributed by atoms with Crippen molar-refractivity contribution in [3.63, 3.8) is 0 Å². The van der Waals surface area contributed by atoms with Gasteiger partial charge in [-0.25, -0.2) is 0 Å². The average Bonchev–Trinajstić information content (AvgIpc) is 2.87. The Morgan fingerprint density at radius 1 is 1.60 bits per heavy atom. The SMILES string of the molecule is CC(=O)N(Cc1cccs1)c1ccn[nH]1. The second-order valence-corrected chi connectivity index (χ2v) is 4.16. The summed E-state index contributed by atoms with van der Waals surface area (Å²) in [5, 5.41) is 8.63. The van der Waals surface area contributed by atoms with Gasteiger partial charge in [0.15, 0.2) is 0 Å². The van der Waals surface area contributed by atoms with Crippen LogP contribution < -0.4 is 4.90 Å². The molecule has 5 heteroatoms. The van der Waals surface area contributed by atoms with Crippen LogP contribution in [0.5, 0.6) is 0 Å². The van der Waals surface area contributed by atoms with Gasteiger partial charge < -0.3 is 0 Å². The standard InChI is InChI=1S/C10H11N3OS/c1-8(14)13(10-4-5-11-12-10)7-9-3-2-6-15-9/h2-6H,7H2,1H3,(H,11,12). The molecule has 0 aliphatic heterocycles. The Bertz CT molecular complexity index is 421. The third-order valence-corrected chi connectivity index (χ3v) is 2.91. The highest BCUT2D eigenvalue weighted by atomic mass is 32.1. The van der Waals surface area contributed by atoms with Crippen LogP contribution >= 0.6 is 11.3 Å². The number of anilines is 1. The van der Waals surface area contributed by atoms with Crippen LogP contribution in [0.2, 0.25) is 0 Å². The minimum atomic E-state index is 0.00708. The third kappa shape index (κ3) is 2.24. The molecule has 0 bridgehead atoms. The van der Waals surface area contributed by atoms with Gasteiger partial charge in [-0.15, -0.1) is 11.3 Å². The van der Waals surface area contributed by atoms with E-state index in [-0.39, 0.29) is 5.91 Å². The molecule has 0 spiro atoms. The number of aromatic amines is 1. The Hall–Kier alpha value is -1.62. The molecule has 2 rings (SSSR count). The second-order valence-electron chi connectivity index (χ2n) is 3.13. The lowest BCUT2D eigenvalue weighted by molar-refractivity contribution is -0.116. The number of aromatic nitrogens is 2. The molecule has 0 saturated heterocycles. The molecular weight excluding hydrogens is 210 g/mol. The van der Waals surface area contributed by atoms with Gasteiger partial charge in [0.1, 0.15) is 5.82 Å². The van der Waals surface area contributed by atoms with Crippen LogP contribution in [-0.4, -0.2) is 16.1 Å². The van der Waals surface area contributed by atoms with E-state index in [9.17, 15) is 4.79 Å². The largest absolute Gasteiger partial charge is 0.292 e. The van der Waals surface area contributed by atoms with Gasteiger partial charge in [0, 0.05) is 17.9 Å². The van der Waals surface area contributed by atoms with Crippen molar-refractivity contribution in [3.8, 4) is 0 Å². The molecule has 0 aromatic carbocycles. The molecule has 15 heavy (non-hydrogen) atoms. The summed E-state index contributed by atoms with van der Waals surface area (Å²) in [6, 6.07) is 5.78. The van der Waals surface area contributed by atoms with Gasteiger partial charge >= 0.3 is 0 Å². The highest BCUT2D eigenvalue weighted by Crippen LogP contribution is 2.17. The fraction of sp³-hybridized carbons (Fsp3) is 0.200. The molecule has 0 saturated carbocycles. The van der Waals surface area contributed by atoms with E-state index in [1.54, 1.807) is 35.4 Å². The van der Waals surface area contributed by atoms with E-state index in [0.717, 1.165) is 10.7 Å². The summed E-state index contributed by atoms with van der Waals surface area (Å²) in [6.07, 6.45) is 1.64. The van der Waals surface area contributed by atoms with E-state index >= 15 is 0 Å². The normalized spacial score (nSPS) is 10.2. The average molecular weight is 221 g/mol. The van der Waals surface area contributed by atoms with Crippen LogP contribution in [-0.2, 0) is 11.3 Å². The van der Waals surface area contributed by atoms with E-state index in [1.165, 1.54) is 0 Å². The van der Waals surface area contributed by atoms with Crippen molar-refractivity contribution in [1.29, 1.82) is 0 Å². The number of hydrogen-bond donors (Lipinski definition) is 1.